The molecule has 0 aliphatic carbocycles. The Balaban J connectivity index is 0.000000187. The first-order valence-electron chi connectivity index (χ1n) is 3.70. The first kappa shape index (κ1) is 9.97. The maximum absolute atomic E-state index is 3.42. The minimum Gasteiger partial charge on any atom is -0.317 e. The summed E-state index contributed by atoms with van der Waals surface area (Å²) in [6.07, 6.45) is 3.15. The largest absolute Gasteiger partial charge is 0.317 e. The molecule has 0 saturated carbocycles. The quantitative estimate of drug-likeness (QED) is 0.673. The van der Waals surface area contributed by atoms with Crippen molar-refractivity contribution in [2.45, 2.75) is 13.8 Å². The van der Waals surface area contributed by atoms with Crippen molar-refractivity contribution in [2.24, 2.45) is 0 Å². The Labute approximate surface area is 67.0 Å². The van der Waals surface area contributed by atoms with Crippen LogP contribution in [-0.4, -0.2) is 28.5 Å². The molecule has 0 aliphatic heterocycles. The number of rotatable bonds is 2. The molecule has 0 aromatic carbocycles. The number of hydrogen-bond acceptors (Lipinski definition) is 4. The molecule has 0 fully saturated rings. The van der Waals surface area contributed by atoms with E-state index in [-0.39, 0.29) is 0 Å². The molecule has 1 heterocycles. The summed E-state index contributed by atoms with van der Waals surface area (Å²) in [7, 11) is 0. The van der Waals surface area contributed by atoms with E-state index in [4.69, 9.17) is 0 Å². The lowest BCUT2D eigenvalue weighted by Crippen LogP contribution is -2.09. The summed E-state index contributed by atoms with van der Waals surface area (Å²) >= 11 is 0. The van der Waals surface area contributed by atoms with E-state index in [1.54, 1.807) is 18.5 Å². The summed E-state index contributed by atoms with van der Waals surface area (Å²) < 4.78 is 0. The molecule has 0 amide bonds. The van der Waals surface area contributed by atoms with Crippen LogP contribution in [0.3, 0.4) is 0 Å². The van der Waals surface area contributed by atoms with Gasteiger partial charge in [0.2, 0.25) is 0 Å². The number of nitrogens with zero attached hydrogens (tertiary/aromatic N) is 3. The summed E-state index contributed by atoms with van der Waals surface area (Å²) in [4.78, 5) is 0. The molecule has 0 bridgehead atoms. The molecular formula is C7H14N4. The second-order valence-electron chi connectivity index (χ2n) is 1.77. The fraction of sp³-hybridized carbons (Fsp3) is 0.571. The Morgan fingerprint density at radius 3 is 1.73 bits per heavy atom. The molecule has 0 spiro atoms. The number of aromatic nitrogens is 3. The predicted molar refractivity (Wildman–Crippen MR) is 44.0 cm³/mol. The highest BCUT2D eigenvalue weighted by Crippen LogP contribution is 1.61. The van der Waals surface area contributed by atoms with Crippen molar-refractivity contribution in [3.63, 3.8) is 0 Å². The predicted octanol–water partition coefficient (Wildman–Crippen LogP) is 0.487. The third-order valence-corrected chi connectivity index (χ3v) is 0.909. The van der Waals surface area contributed by atoms with Crippen LogP contribution in [-0.2, 0) is 0 Å². The molecule has 1 rings (SSSR count). The molecule has 0 radical (unpaired) electrons. The van der Waals surface area contributed by atoms with E-state index in [1.807, 2.05) is 0 Å². The fourth-order valence-electron chi connectivity index (χ4n) is 0.455. The van der Waals surface area contributed by atoms with Gasteiger partial charge in [0, 0.05) is 0 Å². The van der Waals surface area contributed by atoms with E-state index in [2.05, 4.69) is 34.6 Å². The highest BCUT2D eigenvalue weighted by Gasteiger charge is 1.62. The zero-order valence-electron chi connectivity index (χ0n) is 6.99. The van der Waals surface area contributed by atoms with Gasteiger partial charge < -0.3 is 5.32 Å². The molecule has 0 aliphatic rings. The standard InChI is InChI=1S/C4H11N.C3H3N3/c1-3-5-4-2;1-2-4-6-5-3-1/h5H,3-4H2,1-2H3;1-3H. The van der Waals surface area contributed by atoms with Crippen LogP contribution in [0.15, 0.2) is 18.5 Å². The molecule has 0 atom stereocenters. The van der Waals surface area contributed by atoms with Crippen LogP contribution in [0.1, 0.15) is 13.8 Å². The van der Waals surface area contributed by atoms with Crippen LogP contribution < -0.4 is 5.32 Å². The van der Waals surface area contributed by atoms with Crippen molar-refractivity contribution in [3.05, 3.63) is 18.5 Å². The summed E-state index contributed by atoms with van der Waals surface area (Å²) in [6.45, 7) is 6.39. The minimum absolute atomic E-state index is 1.09. The van der Waals surface area contributed by atoms with Crippen molar-refractivity contribution in [1.29, 1.82) is 0 Å². The summed E-state index contributed by atoms with van der Waals surface area (Å²) in [5.41, 5.74) is 0. The van der Waals surface area contributed by atoms with Crippen LogP contribution in [0.4, 0.5) is 0 Å². The zero-order chi connectivity index (χ0) is 8.36. The van der Waals surface area contributed by atoms with Gasteiger partial charge in [0.05, 0.1) is 12.4 Å². The molecular weight excluding hydrogens is 140 g/mol. The van der Waals surface area contributed by atoms with Crippen LogP contribution >= 0.6 is 0 Å². The molecule has 1 aromatic rings. The molecule has 11 heavy (non-hydrogen) atoms. The molecule has 62 valence electrons. The third kappa shape index (κ3) is 8.97. The van der Waals surface area contributed by atoms with E-state index >= 15 is 0 Å². The van der Waals surface area contributed by atoms with E-state index in [0.717, 1.165) is 13.1 Å². The van der Waals surface area contributed by atoms with Crippen molar-refractivity contribution >= 4 is 0 Å². The Hall–Kier alpha value is -1.03. The molecule has 0 saturated heterocycles. The fourth-order valence-corrected chi connectivity index (χ4v) is 0.455. The zero-order valence-corrected chi connectivity index (χ0v) is 6.99. The minimum atomic E-state index is 1.09. The smallest absolute Gasteiger partial charge is 0.0529 e. The first-order valence-corrected chi connectivity index (χ1v) is 3.70. The van der Waals surface area contributed by atoms with E-state index in [0.29, 0.717) is 0 Å². The Morgan fingerprint density at radius 1 is 1.09 bits per heavy atom. The average molecular weight is 154 g/mol. The van der Waals surface area contributed by atoms with Gasteiger partial charge in [-0.1, -0.05) is 13.8 Å². The van der Waals surface area contributed by atoms with Gasteiger partial charge in [0.25, 0.3) is 0 Å². The van der Waals surface area contributed by atoms with Gasteiger partial charge >= 0.3 is 0 Å². The van der Waals surface area contributed by atoms with Crippen molar-refractivity contribution < 1.29 is 0 Å². The van der Waals surface area contributed by atoms with Crippen LogP contribution in [0, 0.1) is 0 Å². The van der Waals surface area contributed by atoms with Gasteiger partial charge in [-0.25, -0.2) is 0 Å². The van der Waals surface area contributed by atoms with Crippen LogP contribution in [0.25, 0.3) is 0 Å². The van der Waals surface area contributed by atoms with Gasteiger partial charge in [-0.15, -0.1) is 10.2 Å². The molecule has 4 heteroatoms. The maximum Gasteiger partial charge on any atom is 0.0529 e. The molecule has 0 unspecified atom stereocenters. The molecule has 4 nitrogen and oxygen atoms in total. The van der Waals surface area contributed by atoms with Crippen LogP contribution in [0.2, 0.25) is 0 Å². The number of nitrogens with one attached hydrogen (secondary N) is 1. The molecule has 1 N–H and O–H groups in total. The topological polar surface area (TPSA) is 50.7 Å². The van der Waals surface area contributed by atoms with Gasteiger partial charge in [-0.2, -0.15) is 0 Å². The Bertz CT molecular complexity index is 114. The highest BCUT2D eigenvalue weighted by atomic mass is 15.3. The third-order valence-electron chi connectivity index (χ3n) is 0.909. The normalized spacial score (nSPS) is 8.18. The summed E-state index contributed by atoms with van der Waals surface area (Å²) in [5, 5.41) is 13.2. The SMILES string of the molecule is CCNCC.c1cnnnc1. The average Bonchev–Trinajstić information content (AvgIpc) is 2.10. The van der Waals surface area contributed by atoms with E-state index in [9.17, 15) is 0 Å². The Kier molecular flexibility index (Phi) is 8.13. The number of hydrogen-bond donors (Lipinski definition) is 1. The van der Waals surface area contributed by atoms with Crippen LogP contribution in [0.5, 0.6) is 0 Å². The monoisotopic (exact) mass is 154 g/mol. The lowest BCUT2D eigenvalue weighted by molar-refractivity contribution is 0.762. The second-order valence-corrected chi connectivity index (χ2v) is 1.77. The van der Waals surface area contributed by atoms with E-state index < -0.39 is 0 Å². The maximum atomic E-state index is 3.42. The van der Waals surface area contributed by atoms with Gasteiger partial charge in [0.1, 0.15) is 0 Å². The van der Waals surface area contributed by atoms with Crippen molar-refractivity contribution in [1.82, 2.24) is 20.7 Å². The van der Waals surface area contributed by atoms with Crippen molar-refractivity contribution in [3.8, 4) is 0 Å². The van der Waals surface area contributed by atoms with Gasteiger partial charge in [-0.05, 0) is 24.4 Å². The Morgan fingerprint density at radius 2 is 1.64 bits per heavy atom. The lowest BCUT2D eigenvalue weighted by atomic mass is 10.7. The highest BCUT2D eigenvalue weighted by molar-refractivity contribution is 4.69. The second kappa shape index (κ2) is 8.97. The van der Waals surface area contributed by atoms with Gasteiger partial charge in [-0.3, -0.25) is 0 Å². The first-order chi connectivity index (χ1) is 5.41. The summed E-state index contributed by atoms with van der Waals surface area (Å²) in [6, 6.07) is 1.72. The molecule has 1 aromatic heterocycles. The van der Waals surface area contributed by atoms with Gasteiger partial charge in [0.15, 0.2) is 0 Å². The summed E-state index contributed by atoms with van der Waals surface area (Å²) in [5.74, 6) is 0. The van der Waals surface area contributed by atoms with E-state index in [1.165, 1.54) is 0 Å². The van der Waals surface area contributed by atoms with Crippen molar-refractivity contribution in [2.75, 3.05) is 13.1 Å². The lowest BCUT2D eigenvalue weighted by Gasteiger charge is -1.86.